The van der Waals surface area contributed by atoms with Crippen molar-refractivity contribution in [3.05, 3.63) is 72.0 Å². The fourth-order valence-electron chi connectivity index (χ4n) is 15.4. The Labute approximate surface area is 355 Å². The molecular weight excluding hydrogens is 755 g/mol. The van der Waals surface area contributed by atoms with Crippen molar-refractivity contribution >= 4 is 15.8 Å². The first-order chi connectivity index (χ1) is 27.8. The fraction of sp³-hybridized carbons (Fsp3) is 0.720. The van der Waals surface area contributed by atoms with Crippen molar-refractivity contribution in [2.75, 3.05) is 44.3 Å². The Morgan fingerprint density at radius 1 is 0.932 bits per heavy atom. The molecule has 1 aliphatic heterocycles. The first kappa shape index (κ1) is 42.9. The van der Waals surface area contributed by atoms with Gasteiger partial charge in [-0.25, -0.2) is 13.4 Å². The van der Waals surface area contributed by atoms with Crippen LogP contribution in [0.25, 0.3) is 0 Å². The molecule has 4 unspecified atom stereocenters. The van der Waals surface area contributed by atoms with Crippen LogP contribution >= 0.6 is 0 Å². The van der Waals surface area contributed by atoms with Crippen LogP contribution in [0.15, 0.2) is 72.0 Å². The molecule has 0 aromatic carbocycles. The summed E-state index contributed by atoms with van der Waals surface area (Å²) in [4.78, 5) is 19.3. The van der Waals surface area contributed by atoms with Crippen molar-refractivity contribution < 1.29 is 23.1 Å². The van der Waals surface area contributed by atoms with E-state index in [0.29, 0.717) is 61.4 Å². The smallest absolute Gasteiger partial charge is 0.313 e. The summed E-state index contributed by atoms with van der Waals surface area (Å²) in [6, 6.07) is 5.49. The molecule has 1 aromatic rings. The van der Waals surface area contributed by atoms with E-state index in [1.165, 1.54) is 68.1 Å². The van der Waals surface area contributed by atoms with Gasteiger partial charge < -0.3 is 20.1 Å². The molecule has 1 saturated heterocycles. The summed E-state index contributed by atoms with van der Waals surface area (Å²) >= 11 is 0. The van der Waals surface area contributed by atoms with Gasteiger partial charge in [-0.1, -0.05) is 71.6 Å². The van der Waals surface area contributed by atoms with Crippen LogP contribution in [-0.4, -0.2) is 79.2 Å². The molecular formula is C50H73N3O5S. The van der Waals surface area contributed by atoms with Gasteiger partial charge in [0.2, 0.25) is 5.88 Å². The van der Waals surface area contributed by atoms with Gasteiger partial charge in [0.05, 0.1) is 11.5 Å². The van der Waals surface area contributed by atoms with Crippen molar-refractivity contribution in [3.63, 3.8) is 0 Å². The number of fused-ring (bicyclic) bond motifs is 7. The number of carboxylic acid groups (broad SMARTS) is 1. The number of aromatic nitrogens is 1. The normalized spacial score (nSPS) is 41.2. The predicted molar refractivity (Wildman–Crippen MR) is 237 cm³/mol. The van der Waals surface area contributed by atoms with Crippen LogP contribution in [0.2, 0.25) is 0 Å². The zero-order chi connectivity index (χ0) is 42.2. The molecule has 7 aliphatic rings. The van der Waals surface area contributed by atoms with Crippen molar-refractivity contribution in [1.29, 1.82) is 0 Å². The minimum Gasteiger partial charge on any atom is -0.481 e. The third-order valence-electron chi connectivity index (χ3n) is 18.9. The molecule has 9 heteroatoms. The number of sulfone groups is 1. The summed E-state index contributed by atoms with van der Waals surface area (Å²) in [5.74, 6) is 3.02. The zero-order valence-corrected chi connectivity index (χ0v) is 37.9. The van der Waals surface area contributed by atoms with Crippen LogP contribution in [0.3, 0.4) is 0 Å². The lowest BCUT2D eigenvalue weighted by molar-refractivity contribution is -0.221. The second-order valence-corrected chi connectivity index (χ2v) is 24.0. The molecule has 2 N–H and O–H groups in total. The monoisotopic (exact) mass is 828 g/mol. The highest BCUT2D eigenvalue weighted by Gasteiger charge is 2.70. The van der Waals surface area contributed by atoms with Crippen molar-refractivity contribution in [1.82, 2.24) is 15.2 Å². The Balaban J connectivity index is 1.03. The van der Waals surface area contributed by atoms with Crippen LogP contribution in [0.4, 0.5) is 0 Å². The highest BCUT2D eigenvalue weighted by Crippen LogP contribution is 2.76. The van der Waals surface area contributed by atoms with Gasteiger partial charge in [0.1, 0.15) is 12.0 Å². The number of hydrogen-bond donors (Lipinski definition) is 2. The number of carboxylic acids is 1. The van der Waals surface area contributed by atoms with E-state index < -0.39 is 21.2 Å². The molecule has 0 spiro atoms. The quantitative estimate of drug-likeness (QED) is 0.213. The van der Waals surface area contributed by atoms with E-state index in [0.717, 1.165) is 31.5 Å². The van der Waals surface area contributed by atoms with E-state index in [1.54, 1.807) is 12.3 Å². The van der Waals surface area contributed by atoms with Gasteiger partial charge in [0, 0.05) is 44.0 Å². The molecule has 10 atom stereocenters. The van der Waals surface area contributed by atoms with Gasteiger partial charge in [-0.3, -0.25) is 4.79 Å². The standard InChI is InChI=1S/C50H73N3O5S/c1-34(2)35(3)37-16-23-50(52-27-28-53-29-31-59(56,57)32-30-53)25-24-47(7)39(43(37)50)12-13-41-46(6)19-17-38(45(4,5)40(46)18-20-48(41,47)8)36-14-21-49(22-15-36,44(54)55)33-58-42-11-9-10-26-51-42/h9-11,14,17,26,37,39-41,43,52H,1,3,12-13,15-16,18-25,27-33H2,2,4-8H3,(H,54,55)/t37-,39+,40?,41?,43?,46-,47+,48+,49?,50-/m0/s1. The lowest BCUT2D eigenvalue weighted by atomic mass is 9.33. The van der Waals surface area contributed by atoms with Gasteiger partial charge in [0.25, 0.3) is 0 Å². The van der Waals surface area contributed by atoms with E-state index in [1.807, 2.05) is 12.1 Å². The number of carbonyl (C=O) groups is 1. The molecule has 6 aliphatic carbocycles. The summed E-state index contributed by atoms with van der Waals surface area (Å²) in [5, 5.41) is 14.7. The summed E-state index contributed by atoms with van der Waals surface area (Å²) < 4.78 is 30.2. The molecule has 4 saturated carbocycles. The molecule has 8 rings (SSSR count). The number of nitrogens with one attached hydrogen (secondary N) is 1. The molecule has 0 radical (unpaired) electrons. The van der Waals surface area contributed by atoms with E-state index in [9.17, 15) is 18.3 Å². The molecule has 2 heterocycles. The Morgan fingerprint density at radius 3 is 2.36 bits per heavy atom. The van der Waals surface area contributed by atoms with Crippen LogP contribution in [0.1, 0.15) is 119 Å². The van der Waals surface area contributed by atoms with Crippen LogP contribution < -0.4 is 10.1 Å². The maximum atomic E-state index is 12.7. The second-order valence-electron chi connectivity index (χ2n) is 21.7. The Kier molecular flexibility index (Phi) is 11.1. The lowest BCUT2D eigenvalue weighted by Crippen LogP contribution is -2.68. The molecule has 324 valence electrons. The second kappa shape index (κ2) is 15.3. The highest BCUT2D eigenvalue weighted by molar-refractivity contribution is 7.91. The summed E-state index contributed by atoms with van der Waals surface area (Å²) in [5.41, 5.74) is 4.96. The number of hydrogen-bond acceptors (Lipinski definition) is 7. The number of rotatable bonds is 11. The summed E-state index contributed by atoms with van der Waals surface area (Å²) in [6.07, 6.45) is 19.2. The fourth-order valence-corrected chi connectivity index (χ4v) is 16.6. The summed E-state index contributed by atoms with van der Waals surface area (Å²) in [7, 11) is -2.89. The van der Waals surface area contributed by atoms with E-state index >= 15 is 0 Å². The highest BCUT2D eigenvalue weighted by atomic mass is 32.2. The maximum absolute atomic E-state index is 12.7. The molecule has 1 aromatic heterocycles. The molecule has 0 bridgehead atoms. The first-order valence-corrected chi connectivity index (χ1v) is 24.8. The van der Waals surface area contributed by atoms with Crippen molar-refractivity contribution in [2.45, 2.75) is 124 Å². The van der Waals surface area contributed by atoms with Gasteiger partial charge in [-0.2, -0.15) is 0 Å². The van der Waals surface area contributed by atoms with Gasteiger partial charge in [-0.15, -0.1) is 0 Å². The number of pyridine rings is 1. The first-order valence-electron chi connectivity index (χ1n) is 23.0. The lowest BCUT2D eigenvalue weighted by Gasteiger charge is -2.72. The topological polar surface area (TPSA) is 109 Å². The van der Waals surface area contributed by atoms with Crippen LogP contribution in [0, 0.1) is 56.7 Å². The average molecular weight is 828 g/mol. The van der Waals surface area contributed by atoms with Gasteiger partial charge in [-0.05, 0) is 158 Å². The van der Waals surface area contributed by atoms with E-state index in [-0.39, 0.29) is 45.3 Å². The number of aliphatic carboxylic acids is 1. The Hall–Kier alpha value is -2.75. The largest absolute Gasteiger partial charge is 0.481 e. The zero-order valence-electron chi connectivity index (χ0n) is 37.1. The summed E-state index contributed by atoms with van der Waals surface area (Å²) in [6.45, 7) is 27.6. The maximum Gasteiger partial charge on any atom is 0.313 e. The Bertz CT molecular complexity index is 2000. The van der Waals surface area contributed by atoms with Gasteiger partial charge in [0.15, 0.2) is 9.84 Å². The van der Waals surface area contributed by atoms with Crippen molar-refractivity contribution in [3.8, 4) is 5.88 Å². The number of nitrogens with zero attached hydrogens (tertiary/aromatic N) is 2. The third-order valence-corrected chi connectivity index (χ3v) is 20.5. The molecule has 0 amide bonds. The van der Waals surface area contributed by atoms with Crippen LogP contribution in [-0.2, 0) is 14.6 Å². The SMILES string of the molecule is C=C(C)C(=C)[C@@H]1CC[C@]2(NCCN3CCS(=O)(=O)CC3)CC[C@]3(C)[C@H](CCC4[C@@]5(C)CC=C(C6=CCC(COc7ccccn7)(C(=O)O)CC6)C(C)(C)C5CC[C@]43C)C12. The molecule has 8 nitrogen and oxygen atoms in total. The molecule has 5 fully saturated rings. The van der Waals surface area contributed by atoms with E-state index in [4.69, 9.17) is 11.3 Å². The third kappa shape index (κ3) is 7.03. The Morgan fingerprint density at radius 2 is 1.69 bits per heavy atom. The minimum absolute atomic E-state index is 0.00838. The molecule has 59 heavy (non-hydrogen) atoms. The average Bonchev–Trinajstić information content (AvgIpc) is 3.57. The minimum atomic E-state index is -2.89. The van der Waals surface area contributed by atoms with E-state index in [2.05, 4.69) is 75.5 Å². The predicted octanol–water partition coefficient (Wildman–Crippen LogP) is 9.46. The number of ether oxygens (including phenoxy) is 1. The van der Waals surface area contributed by atoms with Crippen LogP contribution in [0.5, 0.6) is 5.88 Å². The van der Waals surface area contributed by atoms with Crippen molar-refractivity contribution in [2.24, 2.45) is 56.7 Å². The number of allylic oxidation sites excluding steroid dienone is 6. The van der Waals surface area contributed by atoms with Gasteiger partial charge >= 0.3 is 5.97 Å².